The summed E-state index contributed by atoms with van der Waals surface area (Å²) >= 11 is 0. The van der Waals surface area contributed by atoms with Crippen LogP contribution in [-0.4, -0.2) is 22.5 Å². The van der Waals surface area contributed by atoms with E-state index in [1.54, 1.807) is 12.3 Å². The Balaban J connectivity index is 2.13. The van der Waals surface area contributed by atoms with Crippen LogP contribution in [0.2, 0.25) is 0 Å². The van der Waals surface area contributed by atoms with E-state index in [4.69, 9.17) is 5.73 Å². The number of nitrogens with two attached hydrogens (primary N) is 1. The summed E-state index contributed by atoms with van der Waals surface area (Å²) in [6, 6.07) is 1.74. The monoisotopic (exact) mass is 250 g/mol. The number of rotatable bonds is 5. The van der Waals surface area contributed by atoms with Crippen molar-refractivity contribution in [2.75, 3.05) is 11.9 Å². The number of pyridine rings is 1. The van der Waals surface area contributed by atoms with Gasteiger partial charge in [0.1, 0.15) is 11.9 Å². The van der Waals surface area contributed by atoms with Gasteiger partial charge in [0, 0.05) is 18.8 Å². The summed E-state index contributed by atoms with van der Waals surface area (Å²) in [5, 5.41) is 14.1. The molecule has 0 bridgehead atoms. The second-order valence-electron chi connectivity index (χ2n) is 4.68. The first-order chi connectivity index (χ1) is 8.72. The zero-order valence-corrected chi connectivity index (χ0v) is 10.2. The predicted octanol–water partition coefficient (Wildman–Crippen LogP) is 1.92. The molecule has 3 N–H and O–H groups in total. The lowest BCUT2D eigenvalue weighted by Gasteiger charge is -2.23. The summed E-state index contributed by atoms with van der Waals surface area (Å²) in [4.78, 5) is 14.3. The van der Waals surface area contributed by atoms with Crippen LogP contribution in [0.5, 0.6) is 0 Å². The van der Waals surface area contributed by atoms with E-state index in [0.717, 1.165) is 12.8 Å². The average molecular weight is 250 g/mol. The van der Waals surface area contributed by atoms with E-state index in [1.165, 1.54) is 19.0 Å². The molecule has 0 spiro atoms. The Morgan fingerprint density at radius 1 is 1.56 bits per heavy atom. The third-order valence-electron chi connectivity index (χ3n) is 3.56. The van der Waals surface area contributed by atoms with Crippen molar-refractivity contribution in [1.82, 2.24) is 4.98 Å². The van der Waals surface area contributed by atoms with Crippen LogP contribution in [0.3, 0.4) is 0 Å². The van der Waals surface area contributed by atoms with Crippen molar-refractivity contribution in [2.45, 2.75) is 31.7 Å². The van der Waals surface area contributed by atoms with Crippen molar-refractivity contribution in [3.05, 3.63) is 28.6 Å². The summed E-state index contributed by atoms with van der Waals surface area (Å²) in [6.45, 7) is 0.490. The van der Waals surface area contributed by atoms with Crippen LogP contribution in [0.1, 0.15) is 25.7 Å². The van der Waals surface area contributed by atoms with Gasteiger partial charge >= 0.3 is 5.69 Å². The molecule has 1 fully saturated rings. The lowest BCUT2D eigenvalue weighted by atomic mass is 9.98. The Bertz CT molecular complexity index is 418. The van der Waals surface area contributed by atoms with Gasteiger partial charge in [-0.3, -0.25) is 15.1 Å². The van der Waals surface area contributed by atoms with E-state index < -0.39 is 4.92 Å². The van der Waals surface area contributed by atoms with Crippen LogP contribution in [-0.2, 0) is 0 Å². The summed E-state index contributed by atoms with van der Waals surface area (Å²) in [5.74, 6) is 0.516. The molecule has 0 aromatic carbocycles. The van der Waals surface area contributed by atoms with Crippen LogP contribution < -0.4 is 11.1 Å². The molecule has 0 radical (unpaired) electrons. The maximum absolute atomic E-state index is 10.9. The Morgan fingerprint density at radius 3 is 2.89 bits per heavy atom. The molecule has 18 heavy (non-hydrogen) atoms. The number of hydrogen-bond donors (Lipinski definition) is 2. The first-order valence-corrected chi connectivity index (χ1v) is 6.27. The van der Waals surface area contributed by atoms with E-state index >= 15 is 0 Å². The molecule has 0 saturated heterocycles. The van der Waals surface area contributed by atoms with E-state index in [9.17, 15) is 10.1 Å². The highest BCUT2D eigenvalue weighted by atomic mass is 16.6. The molecule has 0 aliphatic heterocycles. The van der Waals surface area contributed by atoms with Gasteiger partial charge in [-0.2, -0.15) is 0 Å². The van der Waals surface area contributed by atoms with Crippen LogP contribution in [0.15, 0.2) is 18.5 Å². The number of anilines is 1. The molecular formula is C12H18N4O2. The van der Waals surface area contributed by atoms with Crippen LogP contribution in [0.25, 0.3) is 0 Å². The topological polar surface area (TPSA) is 94.1 Å². The second-order valence-corrected chi connectivity index (χ2v) is 4.68. The van der Waals surface area contributed by atoms with Gasteiger partial charge in [0.15, 0.2) is 0 Å². The third kappa shape index (κ3) is 2.76. The number of hydrogen-bond acceptors (Lipinski definition) is 5. The molecule has 1 aromatic rings. The molecule has 1 atom stereocenters. The van der Waals surface area contributed by atoms with Crippen LogP contribution in [0, 0.1) is 16.0 Å². The number of aromatic nitrogens is 1. The Labute approximate surface area is 106 Å². The molecule has 1 heterocycles. The highest BCUT2D eigenvalue weighted by Gasteiger charge is 2.25. The maximum atomic E-state index is 10.9. The largest absolute Gasteiger partial charge is 0.375 e. The summed E-state index contributed by atoms with van der Waals surface area (Å²) in [5.41, 5.74) is 6.30. The molecule has 1 aromatic heterocycles. The van der Waals surface area contributed by atoms with E-state index in [2.05, 4.69) is 10.3 Å². The van der Waals surface area contributed by atoms with Gasteiger partial charge in [-0.05, 0) is 24.8 Å². The lowest BCUT2D eigenvalue weighted by molar-refractivity contribution is -0.384. The van der Waals surface area contributed by atoms with Crippen molar-refractivity contribution in [3.63, 3.8) is 0 Å². The smallest absolute Gasteiger partial charge is 0.310 e. The van der Waals surface area contributed by atoms with Gasteiger partial charge in [-0.25, -0.2) is 0 Å². The lowest BCUT2D eigenvalue weighted by Crippen LogP contribution is -2.35. The minimum absolute atomic E-state index is 0.00828. The van der Waals surface area contributed by atoms with Gasteiger partial charge < -0.3 is 11.1 Å². The van der Waals surface area contributed by atoms with Gasteiger partial charge in [0.05, 0.1) is 4.92 Å². The zero-order valence-electron chi connectivity index (χ0n) is 10.2. The summed E-state index contributed by atoms with van der Waals surface area (Å²) in [6.07, 6.45) is 7.56. The van der Waals surface area contributed by atoms with Crippen molar-refractivity contribution >= 4 is 11.4 Å². The highest BCUT2D eigenvalue weighted by molar-refractivity contribution is 5.60. The molecule has 1 unspecified atom stereocenters. The first kappa shape index (κ1) is 12.8. The van der Waals surface area contributed by atoms with Crippen molar-refractivity contribution < 1.29 is 4.92 Å². The molecule has 1 aliphatic rings. The quantitative estimate of drug-likeness (QED) is 0.615. The van der Waals surface area contributed by atoms with Crippen LogP contribution >= 0.6 is 0 Å². The minimum Gasteiger partial charge on any atom is -0.375 e. The SMILES string of the molecule is NCC(Nc1ccncc1[N+](=O)[O-])C1CCCC1. The molecule has 0 amide bonds. The van der Waals surface area contributed by atoms with Gasteiger partial charge in [0.2, 0.25) is 0 Å². The Hall–Kier alpha value is -1.69. The standard InChI is InChI=1S/C12H18N4O2/c13-7-11(9-3-1-2-4-9)15-10-5-6-14-8-12(10)16(17)18/h5-6,8-9,11H,1-4,7,13H2,(H,14,15). The van der Waals surface area contributed by atoms with Crippen LogP contribution in [0.4, 0.5) is 11.4 Å². The molecule has 2 rings (SSSR count). The molecule has 6 heteroatoms. The Morgan fingerprint density at radius 2 is 2.28 bits per heavy atom. The second kappa shape index (κ2) is 5.77. The third-order valence-corrected chi connectivity index (χ3v) is 3.56. The first-order valence-electron chi connectivity index (χ1n) is 6.27. The molecule has 98 valence electrons. The average Bonchev–Trinajstić information content (AvgIpc) is 2.90. The zero-order chi connectivity index (χ0) is 13.0. The van der Waals surface area contributed by atoms with Gasteiger partial charge in [0.25, 0.3) is 0 Å². The van der Waals surface area contributed by atoms with E-state index in [0.29, 0.717) is 18.2 Å². The summed E-state index contributed by atoms with van der Waals surface area (Å²) in [7, 11) is 0. The number of nitrogens with one attached hydrogen (secondary N) is 1. The maximum Gasteiger partial charge on any atom is 0.310 e. The molecular weight excluding hydrogens is 232 g/mol. The van der Waals surface area contributed by atoms with E-state index in [-0.39, 0.29) is 11.7 Å². The fourth-order valence-electron chi connectivity index (χ4n) is 2.58. The number of nitro groups is 1. The molecule has 1 saturated carbocycles. The van der Waals surface area contributed by atoms with Gasteiger partial charge in [-0.15, -0.1) is 0 Å². The molecule has 1 aliphatic carbocycles. The summed E-state index contributed by atoms with van der Waals surface area (Å²) < 4.78 is 0. The number of nitrogens with zero attached hydrogens (tertiary/aromatic N) is 2. The van der Waals surface area contributed by atoms with Crippen molar-refractivity contribution in [1.29, 1.82) is 0 Å². The Kier molecular flexibility index (Phi) is 4.09. The van der Waals surface area contributed by atoms with E-state index in [1.807, 2.05) is 0 Å². The fraction of sp³-hybridized carbons (Fsp3) is 0.583. The normalized spacial score (nSPS) is 17.6. The highest BCUT2D eigenvalue weighted by Crippen LogP contribution is 2.31. The minimum atomic E-state index is -0.419. The molecule has 6 nitrogen and oxygen atoms in total. The fourth-order valence-corrected chi connectivity index (χ4v) is 2.58. The van der Waals surface area contributed by atoms with Gasteiger partial charge in [-0.1, -0.05) is 12.8 Å². The predicted molar refractivity (Wildman–Crippen MR) is 69.3 cm³/mol. The van der Waals surface area contributed by atoms with Crippen molar-refractivity contribution in [3.8, 4) is 0 Å². The van der Waals surface area contributed by atoms with Crippen molar-refractivity contribution in [2.24, 2.45) is 11.7 Å².